The summed E-state index contributed by atoms with van der Waals surface area (Å²) in [5.41, 5.74) is 8.16. The lowest BCUT2D eigenvalue weighted by molar-refractivity contribution is -0.117. The van der Waals surface area contributed by atoms with E-state index in [2.05, 4.69) is 38.3 Å². The van der Waals surface area contributed by atoms with Crippen molar-refractivity contribution >= 4 is 28.8 Å². The minimum absolute atomic E-state index is 0.0427. The lowest BCUT2D eigenvalue weighted by Gasteiger charge is -2.18. The number of amides is 1. The average Bonchev–Trinajstić information content (AvgIpc) is 3.19. The van der Waals surface area contributed by atoms with Crippen LogP contribution in [0.5, 0.6) is 0 Å². The zero-order chi connectivity index (χ0) is 18.3. The van der Waals surface area contributed by atoms with Gasteiger partial charge in [0.05, 0.1) is 17.2 Å². The molecule has 0 N–H and O–H groups in total. The van der Waals surface area contributed by atoms with E-state index in [1.807, 2.05) is 39.8 Å². The first-order valence-electron chi connectivity index (χ1n) is 8.79. The second kappa shape index (κ2) is 6.32. The molecule has 0 saturated carbocycles. The normalized spacial score (nSPS) is 16.9. The van der Waals surface area contributed by atoms with Gasteiger partial charge in [0.1, 0.15) is 5.82 Å². The van der Waals surface area contributed by atoms with E-state index in [1.54, 1.807) is 6.20 Å². The van der Waals surface area contributed by atoms with E-state index in [0.29, 0.717) is 13.0 Å². The van der Waals surface area contributed by atoms with Crippen LogP contribution >= 0.6 is 0 Å². The van der Waals surface area contributed by atoms with Crippen molar-refractivity contribution in [2.75, 3.05) is 11.4 Å². The summed E-state index contributed by atoms with van der Waals surface area (Å²) >= 11 is 0. The van der Waals surface area contributed by atoms with Crippen LogP contribution in [0.4, 0.5) is 5.69 Å². The minimum Gasteiger partial charge on any atom is -0.312 e. The predicted molar refractivity (Wildman–Crippen MR) is 105 cm³/mol. The topological polar surface area (TPSA) is 38.1 Å². The molecule has 0 spiro atoms. The van der Waals surface area contributed by atoms with E-state index in [0.717, 1.165) is 22.5 Å². The molecule has 0 radical (unpaired) electrons. The standard InChI is InChI=1S/C22H21N3O/c1-4-11-24-20-8-6-5-7-19(20)23-22(24)17-13-21(26)25(14-17)18-10-9-15(2)16(3)12-18/h5-12,17H,1,13-14H2,2-3H3/t17-/m1/s1. The highest BCUT2D eigenvalue weighted by Crippen LogP contribution is 2.33. The molecule has 130 valence electrons. The van der Waals surface area contributed by atoms with Crippen LogP contribution in [0.15, 0.2) is 54.8 Å². The molecular weight excluding hydrogens is 322 g/mol. The van der Waals surface area contributed by atoms with Gasteiger partial charge in [0, 0.05) is 24.6 Å². The van der Waals surface area contributed by atoms with Crippen LogP contribution in [0.25, 0.3) is 17.2 Å². The molecule has 2 aromatic carbocycles. The third-order valence-corrected chi connectivity index (χ3v) is 5.14. The maximum Gasteiger partial charge on any atom is 0.227 e. The SMILES string of the molecule is C=C=Cn1c([C@@H]2CC(=O)N(c3ccc(C)c(C)c3)C2)nc2ccccc21. The Balaban J connectivity index is 1.73. The Morgan fingerprint density at radius 1 is 1.19 bits per heavy atom. The van der Waals surface area contributed by atoms with Crippen molar-refractivity contribution < 1.29 is 4.79 Å². The van der Waals surface area contributed by atoms with Gasteiger partial charge in [0.25, 0.3) is 0 Å². The molecule has 4 heteroatoms. The number of aryl methyl sites for hydroxylation is 2. The smallest absolute Gasteiger partial charge is 0.227 e. The largest absolute Gasteiger partial charge is 0.312 e. The number of aromatic nitrogens is 2. The molecule has 0 aliphatic carbocycles. The molecule has 26 heavy (non-hydrogen) atoms. The van der Waals surface area contributed by atoms with Crippen molar-refractivity contribution in [3.05, 3.63) is 71.7 Å². The first-order valence-corrected chi connectivity index (χ1v) is 8.79. The molecule has 1 atom stereocenters. The first kappa shape index (κ1) is 16.4. The first-order chi connectivity index (χ1) is 12.6. The Bertz CT molecular complexity index is 1060. The van der Waals surface area contributed by atoms with E-state index in [9.17, 15) is 4.79 Å². The molecule has 1 amide bonds. The van der Waals surface area contributed by atoms with Crippen molar-refractivity contribution in [3.63, 3.8) is 0 Å². The summed E-state index contributed by atoms with van der Waals surface area (Å²) < 4.78 is 2.00. The Kier molecular flexibility index (Phi) is 3.98. The van der Waals surface area contributed by atoms with Crippen molar-refractivity contribution in [3.8, 4) is 0 Å². The lowest BCUT2D eigenvalue weighted by atomic mass is 10.1. The van der Waals surface area contributed by atoms with Gasteiger partial charge in [0.2, 0.25) is 5.91 Å². The van der Waals surface area contributed by atoms with Crippen LogP contribution in [-0.4, -0.2) is 22.0 Å². The van der Waals surface area contributed by atoms with Crippen LogP contribution in [0.3, 0.4) is 0 Å². The number of nitrogens with zero attached hydrogens (tertiary/aromatic N) is 3. The van der Waals surface area contributed by atoms with Crippen LogP contribution in [-0.2, 0) is 4.79 Å². The number of imidazole rings is 1. The number of fused-ring (bicyclic) bond motifs is 1. The van der Waals surface area contributed by atoms with Gasteiger partial charge >= 0.3 is 0 Å². The second-order valence-corrected chi connectivity index (χ2v) is 6.84. The molecule has 1 saturated heterocycles. The highest BCUT2D eigenvalue weighted by atomic mass is 16.2. The summed E-state index contributed by atoms with van der Waals surface area (Å²) in [5.74, 6) is 1.07. The van der Waals surface area contributed by atoms with E-state index in [4.69, 9.17) is 4.98 Å². The predicted octanol–water partition coefficient (Wildman–Crippen LogP) is 4.43. The Morgan fingerprint density at radius 2 is 2.00 bits per heavy atom. The Labute approximate surface area is 153 Å². The minimum atomic E-state index is 0.0427. The summed E-state index contributed by atoms with van der Waals surface area (Å²) in [6, 6.07) is 14.2. The summed E-state index contributed by atoms with van der Waals surface area (Å²) in [5, 5.41) is 0. The number of anilines is 1. The van der Waals surface area contributed by atoms with E-state index < -0.39 is 0 Å². The number of hydrogen-bond donors (Lipinski definition) is 0. The third kappa shape index (κ3) is 2.65. The summed E-state index contributed by atoms with van der Waals surface area (Å²) in [6.07, 6.45) is 2.26. The molecule has 1 aliphatic heterocycles. The monoisotopic (exact) mass is 343 g/mol. The van der Waals surface area contributed by atoms with Crippen LogP contribution in [0, 0.1) is 13.8 Å². The second-order valence-electron chi connectivity index (χ2n) is 6.84. The molecule has 1 aliphatic rings. The third-order valence-electron chi connectivity index (χ3n) is 5.14. The number of rotatable bonds is 3. The van der Waals surface area contributed by atoms with Crippen LogP contribution in [0.1, 0.15) is 29.3 Å². The summed E-state index contributed by atoms with van der Waals surface area (Å²) in [4.78, 5) is 19.4. The van der Waals surface area contributed by atoms with E-state index >= 15 is 0 Å². The number of carbonyl (C=O) groups is 1. The Hall–Kier alpha value is -3.10. The van der Waals surface area contributed by atoms with E-state index in [-0.39, 0.29) is 11.8 Å². The van der Waals surface area contributed by atoms with Crippen LogP contribution in [0.2, 0.25) is 0 Å². The molecule has 1 fully saturated rings. The highest BCUT2D eigenvalue weighted by Gasteiger charge is 2.34. The lowest BCUT2D eigenvalue weighted by Crippen LogP contribution is -2.24. The van der Waals surface area contributed by atoms with Gasteiger partial charge < -0.3 is 4.90 Å². The van der Waals surface area contributed by atoms with Gasteiger partial charge in [0.15, 0.2) is 0 Å². The summed E-state index contributed by atoms with van der Waals surface area (Å²) in [7, 11) is 0. The molecule has 3 aromatic rings. The number of para-hydroxylation sites is 2. The maximum absolute atomic E-state index is 12.7. The quantitative estimate of drug-likeness (QED) is 0.660. The summed E-state index contributed by atoms with van der Waals surface area (Å²) in [6.45, 7) is 8.49. The zero-order valence-electron chi connectivity index (χ0n) is 15.1. The van der Waals surface area contributed by atoms with Crippen molar-refractivity contribution in [1.29, 1.82) is 0 Å². The van der Waals surface area contributed by atoms with Crippen molar-refractivity contribution in [2.45, 2.75) is 26.2 Å². The Morgan fingerprint density at radius 3 is 2.77 bits per heavy atom. The van der Waals surface area contributed by atoms with Gasteiger partial charge in [-0.3, -0.25) is 9.36 Å². The van der Waals surface area contributed by atoms with Gasteiger partial charge in [-0.1, -0.05) is 24.8 Å². The molecule has 0 bridgehead atoms. The number of hydrogen-bond acceptors (Lipinski definition) is 2. The van der Waals surface area contributed by atoms with Crippen LogP contribution < -0.4 is 4.90 Å². The fourth-order valence-electron chi connectivity index (χ4n) is 3.60. The van der Waals surface area contributed by atoms with E-state index in [1.165, 1.54) is 11.1 Å². The molecule has 0 unspecified atom stereocenters. The number of carbonyl (C=O) groups excluding carboxylic acids is 1. The number of benzene rings is 2. The van der Waals surface area contributed by atoms with Gasteiger partial charge in [-0.2, -0.15) is 0 Å². The maximum atomic E-state index is 12.7. The van der Waals surface area contributed by atoms with Crippen molar-refractivity contribution in [1.82, 2.24) is 9.55 Å². The fourth-order valence-corrected chi connectivity index (χ4v) is 3.60. The molecule has 4 nitrogen and oxygen atoms in total. The van der Waals surface area contributed by atoms with Crippen molar-refractivity contribution in [2.24, 2.45) is 0 Å². The fraction of sp³-hybridized carbons (Fsp3) is 0.227. The molecule has 4 rings (SSSR count). The van der Waals surface area contributed by atoms with Gasteiger partial charge in [-0.15, -0.1) is 5.73 Å². The zero-order valence-corrected chi connectivity index (χ0v) is 15.1. The molecule has 2 heterocycles. The average molecular weight is 343 g/mol. The highest BCUT2D eigenvalue weighted by molar-refractivity contribution is 5.96. The molecule has 1 aromatic heterocycles. The molecular formula is C22H21N3O. The van der Waals surface area contributed by atoms with Gasteiger partial charge in [-0.05, 0) is 49.2 Å². The van der Waals surface area contributed by atoms with Gasteiger partial charge in [-0.25, -0.2) is 4.98 Å².